The van der Waals surface area contributed by atoms with Crippen LogP contribution in [0.4, 0.5) is 11.4 Å². The molecule has 0 aromatic heterocycles. The van der Waals surface area contributed by atoms with Crippen molar-refractivity contribution < 1.29 is 24.3 Å². The number of aromatic hydroxyl groups is 1. The van der Waals surface area contributed by atoms with Crippen LogP contribution in [0.5, 0.6) is 5.75 Å². The molecule has 43 heavy (non-hydrogen) atoms. The quantitative estimate of drug-likeness (QED) is 0.257. The summed E-state index contributed by atoms with van der Waals surface area (Å²) in [5.74, 6) is -4.70. The maximum absolute atomic E-state index is 14.2. The second-order valence-corrected chi connectivity index (χ2v) is 11.9. The van der Waals surface area contributed by atoms with Crippen LogP contribution in [0.25, 0.3) is 10.8 Å². The van der Waals surface area contributed by atoms with Crippen LogP contribution < -0.4 is 9.80 Å². The first-order valence-electron chi connectivity index (χ1n) is 14.7. The molecule has 4 aromatic rings. The standard InChI is InChI=1S/C36H28N2O5/c39-32-23-14-8-7-9-20(23)15-16-25(32)29-24-17-18-26-30(35(42)37(33(26)40)21-10-3-1-4-11-21)27(24)19-28-31(29)36(43)38(34(28)41)22-12-5-2-6-13-22/h1-17,26-31,39H,18-19H2/t26-,27+,28+,29+,30-,31+/m0/s1. The topological polar surface area (TPSA) is 95.0 Å². The van der Waals surface area contributed by atoms with Crippen molar-refractivity contribution in [3.05, 3.63) is 114 Å². The van der Waals surface area contributed by atoms with Crippen LogP contribution in [0.3, 0.4) is 0 Å². The zero-order chi connectivity index (χ0) is 29.4. The average molecular weight is 569 g/mol. The highest BCUT2D eigenvalue weighted by Gasteiger charge is 2.62. The van der Waals surface area contributed by atoms with Gasteiger partial charge in [0.2, 0.25) is 23.6 Å². The third-order valence-corrected chi connectivity index (χ3v) is 9.94. The Bertz CT molecular complexity index is 1870. The fourth-order valence-corrected chi connectivity index (χ4v) is 8.12. The van der Waals surface area contributed by atoms with Crippen molar-refractivity contribution in [2.45, 2.75) is 18.8 Å². The molecule has 2 aliphatic carbocycles. The Morgan fingerprint density at radius 2 is 1.16 bits per heavy atom. The molecule has 8 rings (SSSR count). The van der Waals surface area contributed by atoms with Crippen molar-refractivity contribution >= 4 is 45.8 Å². The summed E-state index contributed by atoms with van der Waals surface area (Å²) in [6, 6.07) is 29.1. The molecule has 1 saturated carbocycles. The van der Waals surface area contributed by atoms with Gasteiger partial charge in [-0.25, -0.2) is 0 Å². The summed E-state index contributed by atoms with van der Waals surface area (Å²) in [5.41, 5.74) is 2.47. The van der Waals surface area contributed by atoms with E-state index in [-0.39, 0.29) is 35.8 Å². The van der Waals surface area contributed by atoms with Crippen LogP contribution >= 0.6 is 0 Å². The number of hydrogen-bond donors (Lipinski definition) is 1. The number of benzene rings is 4. The number of para-hydroxylation sites is 2. The fourth-order valence-electron chi connectivity index (χ4n) is 8.12. The van der Waals surface area contributed by atoms with Crippen LogP contribution in [-0.4, -0.2) is 28.7 Å². The lowest BCUT2D eigenvalue weighted by atomic mass is 9.57. The van der Waals surface area contributed by atoms with Crippen molar-refractivity contribution in [3.63, 3.8) is 0 Å². The Labute approximate surface area is 248 Å². The van der Waals surface area contributed by atoms with E-state index in [9.17, 15) is 24.3 Å². The SMILES string of the molecule is O=C1[C@H]2[C@H](CC=C3[C@H]2C[C@H]2C(=O)N(c4ccccc4)C(=O)[C@H]2[C@H]3c2ccc3ccccc3c2O)C(=O)N1c1ccccc1. The minimum Gasteiger partial charge on any atom is -0.507 e. The van der Waals surface area contributed by atoms with E-state index >= 15 is 0 Å². The van der Waals surface area contributed by atoms with Crippen LogP contribution in [0.15, 0.2) is 109 Å². The molecule has 6 atom stereocenters. The number of phenolic OH excluding ortho intramolecular Hbond substituents is 1. The Hall–Kier alpha value is -5.04. The largest absolute Gasteiger partial charge is 0.507 e. The number of fused-ring (bicyclic) bond motifs is 5. The van der Waals surface area contributed by atoms with Crippen LogP contribution in [0.2, 0.25) is 0 Å². The molecule has 2 aliphatic heterocycles. The van der Waals surface area contributed by atoms with Crippen molar-refractivity contribution in [1.82, 2.24) is 0 Å². The van der Waals surface area contributed by atoms with Crippen LogP contribution in [-0.2, 0) is 19.2 Å². The normalized spacial score (nSPS) is 28.1. The van der Waals surface area contributed by atoms with E-state index in [0.29, 0.717) is 28.7 Å². The molecule has 7 nitrogen and oxygen atoms in total. The molecule has 4 aliphatic rings. The lowest BCUT2D eigenvalue weighted by Crippen LogP contribution is -2.43. The smallest absolute Gasteiger partial charge is 0.238 e. The molecule has 2 saturated heterocycles. The van der Waals surface area contributed by atoms with Gasteiger partial charge < -0.3 is 5.11 Å². The highest BCUT2D eigenvalue weighted by atomic mass is 16.3. The Morgan fingerprint density at radius 3 is 1.84 bits per heavy atom. The van der Waals surface area contributed by atoms with E-state index in [4.69, 9.17) is 0 Å². The number of phenols is 1. The predicted octanol–water partition coefficient (Wildman–Crippen LogP) is 5.59. The summed E-state index contributed by atoms with van der Waals surface area (Å²) < 4.78 is 0. The summed E-state index contributed by atoms with van der Waals surface area (Å²) in [4.78, 5) is 58.6. The van der Waals surface area contributed by atoms with Gasteiger partial charge in [-0.2, -0.15) is 0 Å². The first-order chi connectivity index (χ1) is 21.0. The van der Waals surface area contributed by atoms with Gasteiger partial charge in [0.25, 0.3) is 0 Å². The van der Waals surface area contributed by atoms with Gasteiger partial charge in [0.05, 0.1) is 35.0 Å². The summed E-state index contributed by atoms with van der Waals surface area (Å²) in [5, 5.41) is 13.2. The summed E-state index contributed by atoms with van der Waals surface area (Å²) in [6.07, 6.45) is 2.65. The fraction of sp³-hybridized carbons (Fsp3) is 0.222. The first kappa shape index (κ1) is 25.7. The molecule has 4 aromatic carbocycles. The summed E-state index contributed by atoms with van der Waals surface area (Å²) in [7, 11) is 0. The monoisotopic (exact) mass is 568 g/mol. The molecule has 212 valence electrons. The Morgan fingerprint density at radius 1 is 0.581 bits per heavy atom. The third-order valence-electron chi connectivity index (χ3n) is 9.94. The van der Waals surface area contributed by atoms with Crippen LogP contribution in [0, 0.1) is 29.6 Å². The molecule has 0 radical (unpaired) electrons. The number of allylic oxidation sites excluding steroid dienone is 2. The molecule has 4 amide bonds. The van der Waals surface area contributed by atoms with E-state index in [0.717, 1.165) is 11.0 Å². The maximum Gasteiger partial charge on any atom is 0.238 e. The van der Waals surface area contributed by atoms with Gasteiger partial charge in [-0.1, -0.05) is 84.4 Å². The molecular weight excluding hydrogens is 540 g/mol. The summed E-state index contributed by atoms with van der Waals surface area (Å²) in [6.45, 7) is 0. The number of amides is 4. The van der Waals surface area contributed by atoms with E-state index in [1.165, 1.54) is 9.80 Å². The van der Waals surface area contributed by atoms with E-state index < -0.39 is 35.5 Å². The van der Waals surface area contributed by atoms with Gasteiger partial charge >= 0.3 is 0 Å². The Kier molecular flexibility index (Phi) is 5.66. The number of nitrogens with zero attached hydrogens (tertiary/aromatic N) is 2. The zero-order valence-electron chi connectivity index (χ0n) is 23.2. The van der Waals surface area contributed by atoms with Gasteiger partial charge in [0, 0.05) is 16.9 Å². The maximum atomic E-state index is 14.2. The number of carbonyl (C=O) groups excluding carboxylic acids is 4. The lowest BCUT2D eigenvalue weighted by molar-refractivity contribution is -0.126. The van der Waals surface area contributed by atoms with E-state index in [2.05, 4.69) is 0 Å². The van der Waals surface area contributed by atoms with Crippen LogP contribution in [0.1, 0.15) is 24.3 Å². The van der Waals surface area contributed by atoms with Gasteiger partial charge in [-0.05, 0) is 48.4 Å². The minimum atomic E-state index is -0.740. The molecular formula is C36H28N2O5. The van der Waals surface area contributed by atoms with Crippen molar-refractivity contribution in [2.24, 2.45) is 29.6 Å². The second-order valence-electron chi connectivity index (χ2n) is 11.9. The third kappa shape index (κ3) is 3.60. The van der Waals surface area contributed by atoms with Gasteiger partial charge in [-0.15, -0.1) is 0 Å². The molecule has 1 N–H and O–H groups in total. The molecule has 0 spiro atoms. The lowest BCUT2D eigenvalue weighted by Gasteiger charge is -2.44. The van der Waals surface area contributed by atoms with Gasteiger partial charge in [0.1, 0.15) is 5.75 Å². The predicted molar refractivity (Wildman–Crippen MR) is 161 cm³/mol. The summed E-state index contributed by atoms with van der Waals surface area (Å²) >= 11 is 0. The molecule has 7 heteroatoms. The number of hydrogen-bond acceptors (Lipinski definition) is 5. The minimum absolute atomic E-state index is 0.0728. The van der Waals surface area contributed by atoms with Crippen molar-refractivity contribution in [2.75, 3.05) is 9.80 Å². The molecule has 0 unspecified atom stereocenters. The first-order valence-corrected chi connectivity index (χ1v) is 14.7. The molecule has 2 heterocycles. The number of rotatable bonds is 3. The highest BCUT2D eigenvalue weighted by molar-refractivity contribution is 6.24. The highest BCUT2D eigenvalue weighted by Crippen LogP contribution is 2.59. The Balaban J connectivity index is 1.29. The second kappa shape index (κ2) is 9.49. The zero-order valence-corrected chi connectivity index (χ0v) is 23.2. The van der Waals surface area contributed by atoms with E-state index in [1.54, 1.807) is 48.5 Å². The number of carbonyl (C=O) groups is 4. The van der Waals surface area contributed by atoms with Crippen molar-refractivity contribution in [3.8, 4) is 5.75 Å². The average Bonchev–Trinajstić information content (AvgIpc) is 3.45. The van der Waals surface area contributed by atoms with Crippen molar-refractivity contribution in [1.29, 1.82) is 0 Å². The van der Waals surface area contributed by atoms with Gasteiger partial charge in [-0.3, -0.25) is 29.0 Å². The number of imide groups is 2. The molecule has 3 fully saturated rings. The van der Waals surface area contributed by atoms with Gasteiger partial charge in [0.15, 0.2) is 0 Å². The number of anilines is 2. The molecule has 0 bridgehead atoms. The van der Waals surface area contributed by atoms with E-state index in [1.807, 2.05) is 54.6 Å².